The molecular formula is C14H24N4O. The predicted molar refractivity (Wildman–Crippen MR) is 77.8 cm³/mol. The zero-order valence-electron chi connectivity index (χ0n) is 12.3. The molecule has 19 heavy (non-hydrogen) atoms. The van der Waals surface area contributed by atoms with E-state index in [4.69, 9.17) is 0 Å². The Balaban J connectivity index is 2.10. The molecule has 0 radical (unpaired) electrons. The molecule has 1 aromatic rings. The minimum atomic E-state index is -0.0657. The number of likely N-dealkylation sites (tertiary alicyclic amines) is 1. The molecule has 2 rings (SSSR count). The maximum absolute atomic E-state index is 11.7. The van der Waals surface area contributed by atoms with Gasteiger partial charge in [0, 0.05) is 32.1 Å². The van der Waals surface area contributed by atoms with Gasteiger partial charge in [0.15, 0.2) is 0 Å². The number of rotatable bonds is 4. The van der Waals surface area contributed by atoms with Crippen molar-refractivity contribution >= 4 is 5.82 Å². The molecule has 0 spiro atoms. The fourth-order valence-electron chi connectivity index (χ4n) is 2.59. The second-order valence-electron chi connectivity index (χ2n) is 5.94. The zero-order valence-corrected chi connectivity index (χ0v) is 12.3. The van der Waals surface area contributed by atoms with E-state index in [1.165, 1.54) is 13.0 Å². The van der Waals surface area contributed by atoms with Gasteiger partial charge in [-0.15, -0.1) is 0 Å². The van der Waals surface area contributed by atoms with Crippen LogP contribution in [0.5, 0.6) is 0 Å². The molecule has 1 N–H and O–H groups in total. The zero-order chi connectivity index (χ0) is 14.0. The van der Waals surface area contributed by atoms with Crippen molar-refractivity contribution in [1.29, 1.82) is 0 Å². The number of H-pyrrole nitrogens is 1. The molecule has 1 saturated heterocycles. The summed E-state index contributed by atoms with van der Waals surface area (Å²) in [5.74, 6) is 2.44. The van der Waals surface area contributed by atoms with Crippen LogP contribution in [0.15, 0.2) is 10.9 Å². The standard InChI is InChI=1S/C14H24N4O/c1-10(2)14-15-12(7-13(19)16-14)18(4)9-11-5-6-17(3)8-11/h7,10-11H,5-6,8-9H2,1-4H3,(H,15,16,19). The van der Waals surface area contributed by atoms with Gasteiger partial charge in [-0.3, -0.25) is 4.79 Å². The van der Waals surface area contributed by atoms with Crippen LogP contribution >= 0.6 is 0 Å². The van der Waals surface area contributed by atoms with E-state index in [9.17, 15) is 4.79 Å². The molecule has 1 aromatic heterocycles. The van der Waals surface area contributed by atoms with E-state index in [2.05, 4.69) is 26.8 Å². The van der Waals surface area contributed by atoms with Gasteiger partial charge in [-0.25, -0.2) is 4.98 Å². The lowest BCUT2D eigenvalue weighted by molar-refractivity contribution is 0.395. The molecule has 0 aliphatic carbocycles. The van der Waals surface area contributed by atoms with Crippen LogP contribution in [0.4, 0.5) is 5.82 Å². The Morgan fingerprint density at radius 2 is 2.32 bits per heavy atom. The highest BCUT2D eigenvalue weighted by molar-refractivity contribution is 5.36. The fraction of sp³-hybridized carbons (Fsp3) is 0.714. The summed E-state index contributed by atoms with van der Waals surface area (Å²) in [6, 6.07) is 1.59. The molecular weight excluding hydrogens is 240 g/mol. The average Bonchev–Trinajstić information content (AvgIpc) is 2.73. The molecule has 0 amide bonds. The highest BCUT2D eigenvalue weighted by Gasteiger charge is 2.21. The number of aromatic amines is 1. The summed E-state index contributed by atoms with van der Waals surface area (Å²) in [6.45, 7) is 7.32. The highest BCUT2D eigenvalue weighted by atomic mass is 16.1. The van der Waals surface area contributed by atoms with Gasteiger partial charge in [-0.2, -0.15) is 0 Å². The average molecular weight is 264 g/mol. The molecule has 1 unspecified atom stereocenters. The Bertz CT molecular complexity index is 483. The van der Waals surface area contributed by atoms with Crippen molar-refractivity contribution in [3.8, 4) is 0 Å². The van der Waals surface area contributed by atoms with Crippen LogP contribution in [0.1, 0.15) is 32.0 Å². The van der Waals surface area contributed by atoms with Gasteiger partial charge in [-0.05, 0) is 25.9 Å². The van der Waals surface area contributed by atoms with Crippen LogP contribution in [0.25, 0.3) is 0 Å². The Hall–Kier alpha value is -1.36. The van der Waals surface area contributed by atoms with Gasteiger partial charge in [0.05, 0.1) is 0 Å². The van der Waals surface area contributed by atoms with Gasteiger partial charge < -0.3 is 14.8 Å². The maximum atomic E-state index is 11.7. The summed E-state index contributed by atoms with van der Waals surface area (Å²) in [6.07, 6.45) is 1.22. The monoisotopic (exact) mass is 264 g/mol. The summed E-state index contributed by atoms with van der Waals surface area (Å²) < 4.78 is 0. The molecule has 1 aliphatic heterocycles. The summed E-state index contributed by atoms with van der Waals surface area (Å²) >= 11 is 0. The second-order valence-corrected chi connectivity index (χ2v) is 5.94. The van der Waals surface area contributed by atoms with Crippen LogP contribution in [0.2, 0.25) is 0 Å². The Labute approximate surface area is 114 Å². The lowest BCUT2D eigenvalue weighted by Gasteiger charge is -2.22. The number of hydrogen-bond acceptors (Lipinski definition) is 4. The number of hydrogen-bond donors (Lipinski definition) is 1. The van der Waals surface area contributed by atoms with Gasteiger partial charge in [0.2, 0.25) is 0 Å². The smallest absolute Gasteiger partial charge is 0.252 e. The maximum Gasteiger partial charge on any atom is 0.252 e. The molecule has 5 nitrogen and oxygen atoms in total. The van der Waals surface area contributed by atoms with E-state index in [0.29, 0.717) is 5.92 Å². The summed E-state index contributed by atoms with van der Waals surface area (Å²) in [7, 11) is 4.17. The molecule has 5 heteroatoms. The van der Waals surface area contributed by atoms with E-state index in [-0.39, 0.29) is 11.5 Å². The van der Waals surface area contributed by atoms with Crippen molar-refractivity contribution < 1.29 is 0 Å². The molecule has 0 saturated carbocycles. The van der Waals surface area contributed by atoms with Crippen molar-refractivity contribution in [2.75, 3.05) is 38.6 Å². The molecule has 1 aliphatic rings. The number of anilines is 1. The largest absolute Gasteiger partial charge is 0.359 e. The van der Waals surface area contributed by atoms with Crippen LogP contribution in [0, 0.1) is 5.92 Å². The van der Waals surface area contributed by atoms with Gasteiger partial charge >= 0.3 is 0 Å². The van der Waals surface area contributed by atoms with Crippen LogP contribution in [0.3, 0.4) is 0 Å². The van der Waals surface area contributed by atoms with Gasteiger partial charge in [-0.1, -0.05) is 13.8 Å². The Kier molecular flexibility index (Phi) is 4.24. The summed E-state index contributed by atoms with van der Waals surface area (Å²) in [5, 5.41) is 0. The van der Waals surface area contributed by atoms with Crippen molar-refractivity contribution in [2.24, 2.45) is 5.92 Å². The first kappa shape index (κ1) is 14.1. The first-order valence-corrected chi connectivity index (χ1v) is 6.96. The predicted octanol–water partition coefficient (Wildman–Crippen LogP) is 1.28. The van der Waals surface area contributed by atoms with E-state index in [0.717, 1.165) is 24.7 Å². The quantitative estimate of drug-likeness (QED) is 0.890. The normalized spacial score (nSPS) is 20.2. The van der Waals surface area contributed by atoms with Crippen molar-refractivity contribution in [2.45, 2.75) is 26.2 Å². The van der Waals surface area contributed by atoms with Crippen LogP contribution < -0.4 is 10.5 Å². The topological polar surface area (TPSA) is 52.2 Å². The van der Waals surface area contributed by atoms with E-state index >= 15 is 0 Å². The molecule has 2 heterocycles. The van der Waals surface area contributed by atoms with Crippen molar-refractivity contribution in [1.82, 2.24) is 14.9 Å². The number of nitrogens with zero attached hydrogens (tertiary/aromatic N) is 3. The minimum absolute atomic E-state index is 0.0657. The summed E-state index contributed by atoms with van der Waals surface area (Å²) in [4.78, 5) is 23.5. The molecule has 1 fully saturated rings. The number of aromatic nitrogens is 2. The lowest BCUT2D eigenvalue weighted by Crippen LogP contribution is -2.29. The van der Waals surface area contributed by atoms with Gasteiger partial charge in [0.1, 0.15) is 11.6 Å². The highest BCUT2D eigenvalue weighted by Crippen LogP contribution is 2.18. The van der Waals surface area contributed by atoms with E-state index < -0.39 is 0 Å². The van der Waals surface area contributed by atoms with E-state index in [1.54, 1.807) is 6.07 Å². The fourth-order valence-corrected chi connectivity index (χ4v) is 2.59. The lowest BCUT2D eigenvalue weighted by atomic mass is 10.1. The number of nitrogens with one attached hydrogen (secondary N) is 1. The third kappa shape index (κ3) is 3.56. The molecule has 1 atom stereocenters. The Morgan fingerprint density at radius 1 is 1.58 bits per heavy atom. The SMILES string of the molecule is CC(C)c1nc(N(C)CC2CCN(C)C2)cc(=O)[nH]1. The molecule has 106 valence electrons. The van der Waals surface area contributed by atoms with E-state index in [1.807, 2.05) is 20.9 Å². The third-order valence-corrected chi connectivity index (χ3v) is 3.71. The van der Waals surface area contributed by atoms with Crippen molar-refractivity contribution in [3.05, 3.63) is 22.2 Å². The third-order valence-electron chi connectivity index (χ3n) is 3.71. The van der Waals surface area contributed by atoms with Gasteiger partial charge in [0.25, 0.3) is 5.56 Å². The first-order chi connectivity index (χ1) is 8.95. The van der Waals surface area contributed by atoms with Crippen LogP contribution in [-0.2, 0) is 0 Å². The first-order valence-electron chi connectivity index (χ1n) is 6.96. The minimum Gasteiger partial charge on any atom is -0.359 e. The molecule has 0 aromatic carbocycles. The second kappa shape index (κ2) is 5.74. The van der Waals surface area contributed by atoms with Crippen molar-refractivity contribution in [3.63, 3.8) is 0 Å². The van der Waals surface area contributed by atoms with Crippen LogP contribution in [-0.4, -0.2) is 48.6 Å². The summed E-state index contributed by atoms with van der Waals surface area (Å²) in [5.41, 5.74) is -0.0657. The Morgan fingerprint density at radius 3 is 2.89 bits per heavy atom. The molecule has 0 bridgehead atoms.